The highest BCUT2D eigenvalue weighted by molar-refractivity contribution is 7.80. The van der Waals surface area contributed by atoms with Crippen LogP contribution in [0.25, 0.3) is 5.69 Å². The lowest BCUT2D eigenvalue weighted by Gasteiger charge is -2.29. The minimum Gasteiger partial charge on any atom is -0.495 e. The van der Waals surface area contributed by atoms with Crippen molar-refractivity contribution in [2.75, 3.05) is 31.0 Å². The Balaban J connectivity index is 1.69. The lowest BCUT2D eigenvalue weighted by Crippen LogP contribution is -2.30. The fraction of sp³-hybridized carbons (Fsp3) is 0.258. The van der Waals surface area contributed by atoms with Gasteiger partial charge in [-0.05, 0) is 87.1 Å². The van der Waals surface area contributed by atoms with Crippen LogP contribution in [0.3, 0.4) is 0 Å². The Morgan fingerprint density at radius 3 is 2.54 bits per heavy atom. The molecule has 0 unspecified atom stereocenters. The molecule has 3 heterocycles. The third kappa shape index (κ3) is 5.40. The van der Waals surface area contributed by atoms with Gasteiger partial charge in [0.25, 0.3) is 0 Å². The maximum Gasteiger partial charge on any atom is 0.250 e. The first-order chi connectivity index (χ1) is 19.7. The predicted molar refractivity (Wildman–Crippen MR) is 166 cm³/mol. The van der Waals surface area contributed by atoms with Crippen LogP contribution < -0.4 is 20.3 Å². The number of thiocarbonyl (C=S) groups is 1. The summed E-state index contributed by atoms with van der Waals surface area (Å²) in [5, 5.41) is 7.65. The van der Waals surface area contributed by atoms with Crippen molar-refractivity contribution in [3.8, 4) is 11.4 Å². The molecule has 0 radical (unpaired) electrons. The van der Waals surface area contributed by atoms with E-state index in [1.165, 1.54) is 7.11 Å². The summed E-state index contributed by atoms with van der Waals surface area (Å²) in [5.41, 5.74) is 7.65. The Bertz CT molecular complexity index is 1610. The van der Waals surface area contributed by atoms with Crippen LogP contribution in [0.2, 0.25) is 5.02 Å². The molecule has 1 amide bonds. The van der Waals surface area contributed by atoms with Gasteiger partial charge < -0.3 is 29.6 Å². The van der Waals surface area contributed by atoms with Crippen molar-refractivity contribution in [1.29, 1.82) is 0 Å². The molecule has 1 saturated heterocycles. The van der Waals surface area contributed by atoms with E-state index in [4.69, 9.17) is 38.3 Å². The standard InChI is InChI=1S/C31H32ClN5O3S/c1-18-19(2)36(22-10-8-9-21(32)15-22)20(3)28(18)30-29(24-11-6-7-14-33-24)35-31(41)37(30)23-12-13-26(40-5)25(16-23)34-27(38)17-39-4/h6-16,29-30H,17H2,1-5H3,(H,34,38)(H,35,41)/t29-,30+/m1/s1. The number of aromatic nitrogens is 2. The average molecular weight is 590 g/mol. The number of pyridine rings is 1. The molecule has 0 spiro atoms. The zero-order chi connectivity index (χ0) is 29.3. The summed E-state index contributed by atoms with van der Waals surface area (Å²) < 4.78 is 12.8. The number of carbonyl (C=O) groups excluding carboxylic acids is 1. The normalized spacial score (nSPS) is 16.5. The highest BCUT2D eigenvalue weighted by Crippen LogP contribution is 2.46. The number of halogens is 1. The second-order valence-electron chi connectivity index (χ2n) is 9.89. The molecule has 1 aliphatic rings. The molecule has 5 rings (SSSR count). The van der Waals surface area contributed by atoms with Crippen LogP contribution in [0.1, 0.15) is 40.3 Å². The van der Waals surface area contributed by atoms with Gasteiger partial charge in [-0.25, -0.2) is 0 Å². The monoisotopic (exact) mass is 589 g/mol. The lowest BCUT2D eigenvalue weighted by atomic mass is 9.93. The molecule has 4 aromatic rings. The van der Waals surface area contributed by atoms with Gasteiger partial charge in [-0.15, -0.1) is 0 Å². The highest BCUT2D eigenvalue weighted by atomic mass is 35.5. The maximum atomic E-state index is 12.4. The van der Waals surface area contributed by atoms with Crippen molar-refractivity contribution < 1.29 is 14.3 Å². The van der Waals surface area contributed by atoms with Crippen LogP contribution >= 0.6 is 23.8 Å². The number of ether oxygens (including phenoxy) is 2. The van der Waals surface area contributed by atoms with Gasteiger partial charge in [0.2, 0.25) is 5.91 Å². The molecule has 41 heavy (non-hydrogen) atoms. The summed E-state index contributed by atoms with van der Waals surface area (Å²) in [6.45, 7) is 6.30. The number of methoxy groups -OCH3 is 2. The van der Waals surface area contributed by atoms with E-state index >= 15 is 0 Å². The number of amides is 1. The topological polar surface area (TPSA) is 80.7 Å². The first-order valence-electron chi connectivity index (χ1n) is 13.2. The molecule has 2 N–H and O–H groups in total. The van der Waals surface area contributed by atoms with E-state index in [9.17, 15) is 4.79 Å². The molecule has 0 bridgehead atoms. The highest BCUT2D eigenvalue weighted by Gasteiger charge is 2.43. The van der Waals surface area contributed by atoms with Gasteiger partial charge in [-0.1, -0.05) is 23.7 Å². The minimum atomic E-state index is -0.283. The molecule has 1 fully saturated rings. The van der Waals surface area contributed by atoms with Crippen molar-refractivity contribution in [2.45, 2.75) is 32.9 Å². The number of nitrogens with zero attached hydrogens (tertiary/aromatic N) is 3. The van der Waals surface area contributed by atoms with Gasteiger partial charge in [0.05, 0.1) is 30.6 Å². The number of rotatable bonds is 8. The van der Waals surface area contributed by atoms with Gasteiger partial charge >= 0.3 is 0 Å². The van der Waals surface area contributed by atoms with E-state index < -0.39 is 0 Å². The molecule has 212 valence electrons. The number of hydrogen-bond donors (Lipinski definition) is 2. The number of anilines is 2. The molecule has 0 aliphatic carbocycles. The minimum absolute atomic E-state index is 0.0733. The fourth-order valence-electron chi connectivity index (χ4n) is 5.63. The van der Waals surface area contributed by atoms with Gasteiger partial charge in [0, 0.05) is 46.7 Å². The van der Waals surface area contributed by atoms with Crippen molar-refractivity contribution in [3.05, 3.63) is 100 Å². The molecular formula is C31H32ClN5O3S. The van der Waals surface area contributed by atoms with Gasteiger partial charge in [-0.3, -0.25) is 9.78 Å². The molecule has 10 heteroatoms. The van der Waals surface area contributed by atoms with Crippen molar-refractivity contribution >= 4 is 46.2 Å². The summed E-state index contributed by atoms with van der Waals surface area (Å²) >= 11 is 12.4. The molecule has 2 aromatic carbocycles. The maximum absolute atomic E-state index is 12.4. The molecule has 0 saturated carbocycles. The fourth-order valence-corrected chi connectivity index (χ4v) is 6.16. The average Bonchev–Trinajstić information content (AvgIpc) is 3.40. The number of benzene rings is 2. The SMILES string of the molecule is COCC(=O)Nc1cc(N2C(=S)N[C@H](c3ccccn3)[C@@H]2c2c(C)c(C)n(-c3cccc(Cl)c3)c2C)ccc1OC. The van der Waals surface area contributed by atoms with Crippen LogP contribution in [0, 0.1) is 20.8 Å². The summed E-state index contributed by atoms with van der Waals surface area (Å²) in [6, 6.07) is 18.9. The second kappa shape index (κ2) is 11.9. The Kier molecular flexibility index (Phi) is 8.30. The molecule has 1 aliphatic heterocycles. The van der Waals surface area contributed by atoms with Crippen molar-refractivity contribution in [1.82, 2.24) is 14.9 Å². The number of nitrogens with one attached hydrogen (secondary N) is 2. The van der Waals surface area contributed by atoms with E-state index in [0.29, 0.717) is 21.6 Å². The van der Waals surface area contributed by atoms with Gasteiger partial charge in [0.15, 0.2) is 5.11 Å². The Morgan fingerprint density at radius 1 is 1.05 bits per heavy atom. The van der Waals surface area contributed by atoms with E-state index in [1.54, 1.807) is 13.3 Å². The second-order valence-corrected chi connectivity index (χ2v) is 10.7. The summed E-state index contributed by atoms with van der Waals surface area (Å²) in [7, 11) is 3.04. The summed E-state index contributed by atoms with van der Waals surface area (Å²) in [4.78, 5) is 19.2. The van der Waals surface area contributed by atoms with Crippen molar-refractivity contribution in [3.63, 3.8) is 0 Å². The van der Waals surface area contributed by atoms with E-state index in [0.717, 1.165) is 39.6 Å². The molecule has 2 atom stereocenters. The van der Waals surface area contributed by atoms with Crippen molar-refractivity contribution in [2.24, 2.45) is 0 Å². The Labute approximate surface area is 250 Å². The first kappa shape index (κ1) is 28.6. The van der Waals surface area contributed by atoms with Crippen LogP contribution in [-0.2, 0) is 9.53 Å². The lowest BCUT2D eigenvalue weighted by molar-refractivity contribution is -0.119. The first-order valence-corrected chi connectivity index (χ1v) is 14.0. The predicted octanol–water partition coefficient (Wildman–Crippen LogP) is 6.22. The Hall–Kier alpha value is -3.92. The van der Waals surface area contributed by atoms with Crippen LogP contribution in [-0.4, -0.2) is 41.4 Å². The van der Waals surface area contributed by atoms with Crippen LogP contribution in [0.4, 0.5) is 11.4 Å². The quantitative estimate of drug-likeness (QED) is 0.236. The molecular weight excluding hydrogens is 558 g/mol. The largest absolute Gasteiger partial charge is 0.495 e. The number of carbonyl (C=O) groups is 1. The number of hydrogen-bond acceptors (Lipinski definition) is 5. The van der Waals surface area contributed by atoms with Gasteiger partial charge in [0.1, 0.15) is 12.4 Å². The molecule has 8 nitrogen and oxygen atoms in total. The molecule has 2 aromatic heterocycles. The zero-order valence-electron chi connectivity index (χ0n) is 23.6. The van der Waals surface area contributed by atoms with Gasteiger partial charge in [-0.2, -0.15) is 0 Å². The summed E-state index contributed by atoms with van der Waals surface area (Å²) in [6.07, 6.45) is 1.79. The van der Waals surface area contributed by atoms with E-state index in [2.05, 4.69) is 46.9 Å². The Morgan fingerprint density at radius 2 is 1.85 bits per heavy atom. The third-order valence-corrected chi connectivity index (χ3v) is 8.03. The van der Waals surface area contributed by atoms with E-state index in [1.807, 2.05) is 54.6 Å². The third-order valence-electron chi connectivity index (χ3n) is 7.48. The van der Waals surface area contributed by atoms with Crippen LogP contribution in [0.15, 0.2) is 66.9 Å². The zero-order valence-corrected chi connectivity index (χ0v) is 25.1. The smallest absolute Gasteiger partial charge is 0.250 e. The summed E-state index contributed by atoms with van der Waals surface area (Å²) in [5.74, 6) is 0.248. The van der Waals surface area contributed by atoms with E-state index in [-0.39, 0.29) is 24.6 Å². The van der Waals surface area contributed by atoms with Crippen LogP contribution in [0.5, 0.6) is 5.75 Å².